The highest BCUT2D eigenvalue weighted by molar-refractivity contribution is 6.46. The SMILES string of the molecule is COc1cc(C2C(=C(O)c3cc(C)ccc3C)C(=O)C(=O)N2CCCn2ccnc2)cc(OC)c1OC. The van der Waals surface area contributed by atoms with Gasteiger partial charge in [-0.2, -0.15) is 0 Å². The molecule has 0 spiro atoms. The number of aliphatic hydroxyl groups is 1. The molecule has 1 amide bonds. The van der Waals surface area contributed by atoms with E-state index in [1.165, 1.54) is 26.2 Å². The van der Waals surface area contributed by atoms with Crippen molar-refractivity contribution < 1.29 is 28.9 Å². The van der Waals surface area contributed by atoms with Gasteiger partial charge in [-0.1, -0.05) is 17.7 Å². The number of carbonyl (C=O) groups is 2. The molecule has 9 heteroatoms. The Hall–Kier alpha value is -4.27. The molecule has 1 saturated heterocycles. The molecule has 2 heterocycles. The summed E-state index contributed by atoms with van der Waals surface area (Å²) in [5, 5.41) is 11.5. The summed E-state index contributed by atoms with van der Waals surface area (Å²) in [5.74, 6) is -0.466. The molecule has 0 radical (unpaired) electrons. The Morgan fingerprint density at radius 2 is 1.70 bits per heavy atom. The molecule has 0 bridgehead atoms. The molecular weight excluding hydrogens is 474 g/mol. The highest BCUT2D eigenvalue weighted by atomic mass is 16.5. The third kappa shape index (κ3) is 4.89. The van der Waals surface area contributed by atoms with Gasteiger partial charge in [0.25, 0.3) is 11.7 Å². The molecule has 2 aromatic carbocycles. The summed E-state index contributed by atoms with van der Waals surface area (Å²) >= 11 is 0. The summed E-state index contributed by atoms with van der Waals surface area (Å²) in [6, 6.07) is 8.17. The van der Waals surface area contributed by atoms with E-state index in [1.54, 1.807) is 24.7 Å². The third-order valence-electron chi connectivity index (χ3n) is 6.57. The van der Waals surface area contributed by atoms with E-state index in [1.807, 2.05) is 42.8 Å². The van der Waals surface area contributed by atoms with Crippen LogP contribution < -0.4 is 14.2 Å². The lowest BCUT2D eigenvalue weighted by atomic mass is 9.93. The first kappa shape index (κ1) is 25.8. The molecule has 3 aromatic rings. The second-order valence-electron chi connectivity index (χ2n) is 8.92. The van der Waals surface area contributed by atoms with Crippen molar-refractivity contribution in [1.29, 1.82) is 0 Å². The van der Waals surface area contributed by atoms with Gasteiger partial charge in [-0.15, -0.1) is 0 Å². The number of likely N-dealkylation sites (tertiary alicyclic amines) is 1. The lowest BCUT2D eigenvalue weighted by Gasteiger charge is -2.27. The molecule has 1 atom stereocenters. The zero-order valence-corrected chi connectivity index (χ0v) is 21.6. The van der Waals surface area contributed by atoms with Gasteiger partial charge in [0.15, 0.2) is 11.5 Å². The number of benzene rings is 2. The molecule has 0 aliphatic carbocycles. The Morgan fingerprint density at radius 3 is 2.30 bits per heavy atom. The van der Waals surface area contributed by atoms with E-state index >= 15 is 0 Å². The molecule has 1 N–H and O–H groups in total. The topological polar surface area (TPSA) is 103 Å². The number of Topliss-reactive ketones (excluding diaryl/α,β-unsaturated/α-hetero) is 1. The fraction of sp³-hybridized carbons (Fsp3) is 0.321. The van der Waals surface area contributed by atoms with Crippen LogP contribution in [0.2, 0.25) is 0 Å². The van der Waals surface area contributed by atoms with Gasteiger partial charge in [-0.25, -0.2) is 4.98 Å². The number of ether oxygens (including phenoxy) is 3. The average Bonchev–Trinajstić information content (AvgIpc) is 3.51. The van der Waals surface area contributed by atoms with Crippen molar-refractivity contribution in [3.63, 3.8) is 0 Å². The van der Waals surface area contributed by atoms with Crippen LogP contribution in [0.4, 0.5) is 0 Å². The van der Waals surface area contributed by atoms with Gasteiger partial charge in [0.1, 0.15) is 5.76 Å². The van der Waals surface area contributed by atoms with Gasteiger partial charge in [0.05, 0.1) is 39.3 Å². The number of aryl methyl sites for hydroxylation is 3. The smallest absolute Gasteiger partial charge is 0.295 e. The Balaban J connectivity index is 1.87. The molecule has 0 saturated carbocycles. The number of methoxy groups -OCH3 is 3. The summed E-state index contributed by atoms with van der Waals surface area (Å²) in [6.45, 7) is 4.65. The Kier molecular flexibility index (Phi) is 7.52. The van der Waals surface area contributed by atoms with Crippen LogP contribution in [0.15, 0.2) is 54.6 Å². The van der Waals surface area contributed by atoms with Crippen molar-refractivity contribution in [2.45, 2.75) is 32.9 Å². The molecule has 1 aromatic heterocycles. The third-order valence-corrected chi connectivity index (χ3v) is 6.57. The lowest BCUT2D eigenvalue weighted by Crippen LogP contribution is -2.31. The Morgan fingerprint density at radius 1 is 1.00 bits per heavy atom. The summed E-state index contributed by atoms with van der Waals surface area (Å²) in [4.78, 5) is 32.3. The van der Waals surface area contributed by atoms with Gasteiger partial charge in [-0.05, 0) is 49.6 Å². The molecule has 1 unspecified atom stereocenters. The Labute approximate surface area is 215 Å². The van der Waals surface area contributed by atoms with Gasteiger partial charge in [0.2, 0.25) is 5.75 Å². The monoisotopic (exact) mass is 505 g/mol. The van der Waals surface area contributed by atoms with Gasteiger partial charge in [0, 0.05) is 31.0 Å². The minimum Gasteiger partial charge on any atom is -0.507 e. The summed E-state index contributed by atoms with van der Waals surface area (Å²) in [5.41, 5.74) is 2.80. The predicted molar refractivity (Wildman–Crippen MR) is 138 cm³/mol. The van der Waals surface area contributed by atoms with Gasteiger partial charge in [-0.3, -0.25) is 9.59 Å². The minimum atomic E-state index is -0.851. The number of amides is 1. The number of aliphatic hydroxyl groups excluding tert-OH is 1. The number of aromatic nitrogens is 2. The van der Waals surface area contributed by atoms with Crippen LogP contribution in [-0.2, 0) is 16.1 Å². The number of hydrogen-bond acceptors (Lipinski definition) is 7. The molecule has 37 heavy (non-hydrogen) atoms. The van der Waals surface area contributed by atoms with Crippen molar-refractivity contribution in [2.24, 2.45) is 0 Å². The van der Waals surface area contributed by atoms with E-state index in [-0.39, 0.29) is 17.9 Å². The molecule has 1 fully saturated rings. The van der Waals surface area contributed by atoms with Crippen LogP contribution >= 0.6 is 0 Å². The second kappa shape index (κ2) is 10.8. The normalized spacial score (nSPS) is 16.8. The Bertz CT molecular complexity index is 1320. The largest absolute Gasteiger partial charge is 0.507 e. The summed E-state index contributed by atoms with van der Waals surface area (Å²) in [6.07, 6.45) is 5.80. The van der Waals surface area contributed by atoms with Crippen LogP contribution in [0.1, 0.15) is 34.7 Å². The van der Waals surface area contributed by atoms with E-state index in [0.717, 1.165) is 11.1 Å². The van der Waals surface area contributed by atoms with Crippen molar-refractivity contribution in [3.05, 3.63) is 76.9 Å². The van der Waals surface area contributed by atoms with Gasteiger partial charge < -0.3 is 28.8 Å². The van der Waals surface area contributed by atoms with Crippen LogP contribution in [0.25, 0.3) is 5.76 Å². The fourth-order valence-corrected chi connectivity index (χ4v) is 4.70. The number of nitrogens with zero attached hydrogens (tertiary/aromatic N) is 3. The second-order valence-corrected chi connectivity index (χ2v) is 8.92. The molecule has 1 aliphatic rings. The molecule has 1 aliphatic heterocycles. The van der Waals surface area contributed by atoms with E-state index in [0.29, 0.717) is 41.3 Å². The highest BCUT2D eigenvalue weighted by Gasteiger charge is 2.46. The minimum absolute atomic E-state index is 0.0237. The van der Waals surface area contributed by atoms with Crippen LogP contribution in [0.3, 0.4) is 0 Å². The van der Waals surface area contributed by atoms with Crippen molar-refractivity contribution in [2.75, 3.05) is 27.9 Å². The lowest BCUT2D eigenvalue weighted by molar-refractivity contribution is -0.139. The zero-order valence-electron chi connectivity index (χ0n) is 21.6. The first-order chi connectivity index (χ1) is 17.8. The van der Waals surface area contributed by atoms with Crippen LogP contribution in [-0.4, -0.2) is 59.1 Å². The van der Waals surface area contributed by atoms with Crippen molar-refractivity contribution >= 4 is 17.4 Å². The van der Waals surface area contributed by atoms with E-state index in [4.69, 9.17) is 14.2 Å². The predicted octanol–water partition coefficient (Wildman–Crippen LogP) is 4.04. The highest BCUT2D eigenvalue weighted by Crippen LogP contribution is 2.46. The van der Waals surface area contributed by atoms with E-state index in [9.17, 15) is 14.7 Å². The number of hydrogen-bond donors (Lipinski definition) is 1. The first-order valence-corrected chi connectivity index (χ1v) is 11.9. The van der Waals surface area contributed by atoms with E-state index < -0.39 is 17.7 Å². The fourth-order valence-electron chi connectivity index (χ4n) is 4.70. The van der Waals surface area contributed by atoms with Gasteiger partial charge >= 0.3 is 0 Å². The maximum absolute atomic E-state index is 13.4. The standard InChI is InChI=1S/C28H31N3O6/c1-17-7-8-18(2)20(13-17)25(32)23-24(19-14-21(35-3)27(37-5)22(15-19)36-4)31(28(34)26(23)33)11-6-10-30-12-9-29-16-30/h7-9,12-16,24,32H,6,10-11H2,1-5H3. The molecule has 194 valence electrons. The van der Waals surface area contributed by atoms with Crippen LogP contribution in [0.5, 0.6) is 17.2 Å². The number of imidazole rings is 1. The van der Waals surface area contributed by atoms with Crippen LogP contribution in [0, 0.1) is 13.8 Å². The maximum Gasteiger partial charge on any atom is 0.295 e. The number of ketones is 1. The number of carbonyl (C=O) groups excluding carboxylic acids is 2. The van der Waals surface area contributed by atoms with Crippen molar-refractivity contribution in [1.82, 2.24) is 14.5 Å². The first-order valence-electron chi connectivity index (χ1n) is 11.9. The maximum atomic E-state index is 13.4. The van der Waals surface area contributed by atoms with Crippen molar-refractivity contribution in [3.8, 4) is 17.2 Å². The average molecular weight is 506 g/mol. The molecule has 4 rings (SSSR count). The molecule has 9 nitrogen and oxygen atoms in total. The summed E-state index contributed by atoms with van der Waals surface area (Å²) < 4.78 is 18.4. The quantitative estimate of drug-likeness (QED) is 0.266. The molecular formula is C28H31N3O6. The number of rotatable bonds is 9. The van der Waals surface area contributed by atoms with E-state index in [2.05, 4.69) is 4.98 Å². The zero-order chi connectivity index (χ0) is 26.7. The summed E-state index contributed by atoms with van der Waals surface area (Å²) in [7, 11) is 4.50.